The highest BCUT2D eigenvalue weighted by Crippen LogP contribution is 2.10. The summed E-state index contributed by atoms with van der Waals surface area (Å²) >= 11 is 3.21. The lowest BCUT2D eigenvalue weighted by atomic mass is 10.3. The topological polar surface area (TPSA) is 42.9 Å². The average Bonchev–Trinajstić information content (AvgIpc) is 1.94. The van der Waals surface area contributed by atoms with Crippen molar-refractivity contribution in [3.63, 3.8) is 0 Å². The molecule has 1 rings (SSSR count). The Hall–Kier alpha value is -0.770. The maximum absolute atomic E-state index is 10.0. The maximum Gasteiger partial charge on any atom is 0.125 e. The SMILES string of the molecule is O=CCc1ncncc1Br. The highest BCUT2D eigenvalue weighted by Gasteiger charge is 1.97. The van der Waals surface area contributed by atoms with E-state index in [1.165, 1.54) is 6.33 Å². The molecule has 0 aliphatic carbocycles. The van der Waals surface area contributed by atoms with Crippen LogP contribution in [0.4, 0.5) is 0 Å². The predicted molar refractivity (Wildman–Crippen MR) is 39.5 cm³/mol. The molecule has 0 N–H and O–H groups in total. The molecule has 3 nitrogen and oxygen atoms in total. The van der Waals surface area contributed by atoms with E-state index in [0.29, 0.717) is 6.42 Å². The third kappa shape index (κ3) is 1.60. The van der Waals surface area contributed by atoms with Crippen molar-refractivity contribution >= 4 is 22.2 Å². The summed E-state index contributed by atoms with van der Waals surface area (Å²) in [6.07, 6.45) is 4.19. The third-order valence-corrected chi connectivity index (χ3v) is 1.68. The minimum atomic E-state index is 0.336. The Morgan fingerprint density at radius 3 is 3.10 bits per heavy atom. The second kappa shape index (κ2) is 3.41. The third-order valence-electron chi connectivity index (χ3n) is 1.02. The summed E-state index contributed by atoms with van der Waals surface area (Å²) in [5.41, 5.74) is 0.727. The van der Waals surface area contributed by atoms with Gasteiger partial charge in [-0.1, -0.05) is 0 Å². The fourth-order valence-electron chi connectivity index (χ4n) is 0.567. The van der Waals surface area contributed by atoms with Gasteiger partial charge in [0.15, 0.2) is 0 Å². The van der Waals surface area contributed by atoms with Gasteiger partial charge >= 0.3 is 0 Å². The van der Waals surface area contributed by atoms with E-state index < -0.39 is 0 Å². The van der Waals surface area contributed by atoms with Crippen LogP contribution in [0.1, 0.15) is 5.69 Å². The zero-order chi connectivity index (χ0) is 7.40. The molecule has 0 unspecified atom stereocenters. The summed E-state index contributed by atoms with van der Waals surface area (Å²) in [6, 6.07) is 0. The number of aromatic nitrogens is 2. The lowest BCUT2D eigenvalue weighted by molar-refractivity contribution is -0.107. The van der Waals surface area contributed by atoms with E-state index in [-0.39, 0.29) is 0 Å². The summed E-state index contributed by atoms with van der Waals surface area (Å²) < 4.78 is 0.780. The van der Waals surface area contributed by atoms with Crippen molar-refractivity contribution in [1.82, 2.24) is 9.97 Å². The van der Waals surface area contributed by atoms with Gasteiger partial charge in [-0.05, 0) is 15.9 Å². The van der Waals surface area contributed by atoms with Gasteiger partial charge in [0.2, 0.25) is 0 Å². The molecule has 10 heavy (non-hydrogen) atoms. The van der Waals surface area contributed by atoms with Crippen LogP contribution in [0.15, 0.2) is 17.0 Å². The molecule has 1 aromatic heterocycles. The van der Waals surface area contributed by atoms with Crippen LogP contribution >= 0.6 is 15.9 Å². The lowest BCUT2D eigenvalue weighted by Crippen LogP contribution is -1.92. The summed E-state index contributed by atoms with van der Waals surface area (Å²) in [5, 5.41) is 0. The fourth-order valence-corrected chi connectivity index (χ4v) is 0.950. The molecule has 52 valence electrons. The summed E-state index contributed by atoms with van der Waals surface area (Å²) in [5.74, 6) is 0. The normalized spacial score (nSPS) is 9.30. The van der Waals surface area contributed by atoms with Gasteiger partial charge in [0, 0.05) is 12.6 Å². The number of nitrogens with zero attached hydrogens (tertiary/aromatic N) is 2. The van der Waals surface area contributed by atoms with Crippen molar-refractivity contribution < 1.29 is 4.79 Å². The van der Waals surface area contributed by atoms with Gasteiger partial charge in [-0.2, -0.15) is 0 Å². The summed E-state index contributed by atoms with van der Waals surface area (Å²) in [4.78, 5) is 17.7. The van der Waals surface area contributed by atoms with E-state index in [4.69, 9.17) is 0 Å². The molecule has 0 fully saturated rings. The van der Waals surface area contributed by atoms with Crippen molar-refractivity contribution in [3.05, 3.63) is 22.7 Å². The zero-order valence-corrected chi connectivity index (χ0v) is 6.71. The minimum absolute atomic E-state index is 0.336. The quantitative estimate of drug-likeness (QED) is 0.669. The average molecular weight is 201 g/mol. The van der Waals surface area contributed by atoms with Crippen LogP contribution in [0.5, 0.6) is 0 Å². The first-order chi connectivity index (χ1) is 4.84. The van der Waals surface area contributed by atoms with Gasteiger partial charge < -0.3 is 4.79 Å². The van der Waals surface area contributed by atoms with E-state index in [0.717, 1.165) is 16.5 Å². The lowest BCUT2D eigenvalue weighted by Gasteiger charge is -1.94. The molecule has 0 spiro atoms. The molecule has 1 heterocycles. The smallest absolute Gasteiger partial charge is 0.125 e. The summed E-state index contributed by atoms with van der Waals surface area (Å²) in [6.45, 7) is 0. The Kier molecular flexibility index (Phi) is 2.50. The van der Waals surface area contributed by atoms with Crippen molar-refractivity contribution in [2.75, 3.05) is 0 Å². The Balaban J connectivity index is 2.91. The second-order valence-corrected chi connectivity index (χ2v) is 2.54. The van der Waals surface area contributed by atoms with Crippen LogP contribution in [-0.2, 0) is 11.2 Å². The van der Waals surface area contributed by atoms with Gasteiger partial charge in [0.1, 0.15) is 12.6 Å². The Bertz CT molecular complexity index is 239. The van der Waals surface area contributed by atoms with Gasteiger partial charge in [0.25, 0.3) is 0 Å². The Morgan fingerprint density at radius 2 is 2.50 bits per heavy atom. The fraction of sp³-hybridized carbons (Fsp3) is 0.167. The molecule has 0 aliphatic rings. The molecule has 0 atom stereocenters. The molecule has 0 aromatic carbocycles. The molecule has 0 amide bonds. The molecule has 4 heteroatoms. The first-order valence-corrected chi connectivity index (χ1v) is 3.52. The number of carbonyl (C=O) groups excluding carboxylic acids is 1. The predicted octanol–water partition coefficient (Wildman–Crippen LogP) is 0.980. The van der Waals surface area contributed by atoms with Crippen LogP contribution < -0.4 is 0 Å². The minimum Gasteiger partial charge on any atom is -0.303 e. The number of hydrogen-bond donors (Lipinski definition) is 0. The van der Waals surface area contributed by atoms with Crippen LogP contribution in [0.3, 0.4) is 0 Å². The Labute approximate surface area is 66.6 Å². The van der Waals surface area contributed by atoms with Gasteiger partial charge in [-0.15, -0.1) is 0 Å². The van der Waals surface area contributed by atoms with Gasteiger partial charge in [-0.3, -0.25) is 0 Å². The molecule has 0 radical (unpaired) electrons. The first kappa shape index (κ1) is 7.34. The summed E-state index contributed by atoms with van der Waals surface area (Å²) in [7, 11) is 0. The van der Waals surface area contributed by atoms with E-state index >= 15 is 0 Å². The number of aldehydes is 1. The largest absolute Gasteiger partial charge is 0.303 e. The van der Waals surface area contributed by atoms with Crippen molar-refractivity contribution in [2.45, 2.75) is 6.42 Å². The monoisotopic (exact) mass is 200 g/mol. The second-order valence-electron chi connectivity index (χ2n) is 1.69. The van der Waals surface area contributed by atoms with Crippen molar-refractivity contribution in [1.29, 1.82) is 0 Å². The number of carbonyl (C=O) groups is 1. The van der Waals surface area contributed by atoms with E-state index in [9.17, 15) is 4.79 Å². The highest BCUT2D eigenvalue weighted by atomic mass is 79.9. The molecule has 0 bridgehead atoms. The van der Waals surface area contributed by atoms with Crippen LogP contribution in [0.2, 0.25) is 0 Å². The zero-order valence-electron chi connectivity index (χ0n) is 5.12. The van der Waals surface area contributed by atoms with Crippen LogP contribution in [0, 0.1) is 0 Å². The first-order valence-electron chi connectivity index (χ1n) is 2.72. The molecule has 1 aromatic rings. The molecule has 0 aliphatic heterocycles. The number of rotatable bonds is 2. The highest BCUT2D eigenvalue weighted by molar-refractivity contribution is 9.10. The van der Waals surface area contributed by atoms with E-state index in [1.807, 2.05) is 0 Å². The van der Waals surface area contributed by atoms with Gasteiger partial charge in [-0.25, -0.2) is 9.97 Å². The Morgan fingerprint density at radius 1 is 1.70 bits per heavy atom. The molecular weight excluding hydrogens is 196 g/mol. The number of halogens is 1. The number of hydrogen-bond acceptors (Lipinski definition) is 3. The standard InChI is InChI=1S/C6H5BrN2O/c7-5-3-8-4-9-6(5)1-2-10/h2-4H,1H2. The van der Waals surface area contributed by atoms with E-state index in [1.54, 1.807) is 6.20 Å². The van der Waals surface area contributed by atoms with Gasteiger partial charge in [0.05, 0.1) is 10.2 Å². The molecular formula is C6H5BrN2O. The van der Waals surface area contributed by atoms with Crippen LogP contribution in [0.25, 0.3) is 0 Å². The van der Waals surface area contributed by atoms with E-state index in [2.05, 4.69) is 25.9 Å². The molecule has 0 saturated heterocycles. The molecule has 0 saturated carbocycles. The maximum atomic E-state index is 10.0. The van der Waals surface area contributed by atoms with Crippen molar-refractivity contribution in [3.8, 4) is 0 Å². The van der Waals surface area contributed by atoms with Crippen LogP contribution in [-0.4, -0.2) is 16.3 Å². The van der Waals surface area contributed by atoms with Crippen molar-refractivity contribution in [2.24, 2.45) is 0 Å².